The lowest BCUT2D eigenvalue weighted by Gasteiger charge is -2.14. The van der Waals surface area contributed by atoms with Crippen LogP contribution in [0.3, 0.4) is 0 Å². The minimum absolute atomic E-state index is 0.274. The number of unbranched alkanes of at least 4 members (excludes halogenated alkanes) is 3. The summed E-state index contributed by atoms with van der Waals surface area (Å²) in [5.74, 6) is 0.336. The van der Waals surface area contributed by atoms with Gasteiger partial charge in [-0.1, -0.05) is 62.9 Å². The van der Waals surface area contributed by atoms with Crippen molar-refractivity contribution in [2.75, 3.05) is 6.61 Å². The smallest absolute Gasteiger partial charge is 0.0499 e. The molecule has 1 heteroatoms. The van der Waals surface area contributed by atoms with Gasteiger partial charge in [-0.25, -0.2) is 0 Å². The summed E-state index contributed by atoms with van der Waals surface area (Å²) in [5.41, 5.74) is 1.27. The van der Waals surface area contributed by atoms with Crippen LogP contribution >= 0.6 is 0 Å². The van der Waals surface area contributed by atoms with Gasteiger partial charge in [-0.15, -0.1) is 0 Å². The molecule has 0 aromatic heterocycles. The molecule has 1 nitrogen and oxygen atoms in total. The maximum absolute atomic E-state index is 9.34. The van der Waals surface area contributed by atoms with Crippen LogP contribution < -0.4 is 0 Å². The summed E-state index contributed by atoms with van der Waals surface area (Å²) in [7, 11) is 0. The molecule has 0 fully saturated rings. The fourth-order valence-electron chi connectivity index (χ4n) is 1.91. The van der Waals surface area contributed by atoms with Crippen molar-refractivity contribution < 1.29 is 5.11 Å². The molecule has 0 aliphatic rings. The third-order valence-electron chi connectivity index (χ3n) is 2.90. The van der Waals surface area contributed by atoms with Crippen molar-refractivity contribution in [1.82, 2.24) is 0 Å². The third-order valence-corrected chi connectivity index (χ3v) is 2.90. The second kappa shape index (κ2) is 7.47. The number of rotatable bonds is 7. The molecule has 0 aliphatic heterocycles. The minimum atomic E-state index is 0.274. The Bertz CT molecular complexity index is 243. The largest absolute Gasteiger partial charge is 0.396 e. The standard InChI is InChI=1S/C14H22O/c1-2-3-4-6-11-14(12-15)13-9-7-5-8-10-13/h5,7-10,14-15H,2-4,6,11-12H2,1H3/t14-/m1/s1. The van der Waals surface area contributed by atoms with Gasteiger partial charge in [0, 0.05) is 12.5 Å². The lowest BCUT2D eigenvalue weighted by molar-refractivity contribution is 0.256. The van der Waals surface area contributed by atoms with Gasteiger partial charge in [0.25, 0.3) is 0 Å². The van der Waals surface area contributed by atoms with E-state index in [4.69, 9.17) is 0 Å². The molecule has 0 bridgehead atoms. The van der Waals surface area contributed by atoms with Crippen LogP contribution in [0.15, 0.2) is 30.3 Å². The highest BCUT2D eigenvalue weighted by Crippen LogP contribution is 2.21. The topological polar surface area (TPSA) is 20.2 Å². The predicted molar refractivity (Wildman–Crippen MR) is 65.0 cm³/mol. The van der Waals surface area contributed by atoms with Gasteiger partial charge in [0.2, 0.25) is 0 Å². The van der Waals surface area contributed by atoms with E-state index in [0.717, 1.165) is 6.42 Å². The lowest BCUT2D eigenvalue weighted by atomic mass is 9.94. The molecule has 0 radical (unpaired) electrons. The van der Waals surface area contributed by atoms with E-state index in [1.165, 1.54) is 31.2 Å². The van der Waals surface area contributed by atoms with Crippen LogP contribution in [0.1, 0.15) is 50.5 Å². The van der Waals surface area contributed by atoms with Gasteiger partial charge in [0.15, 0.2) is 0 Å². The molecule has 0 unspecified atom stereocenters. The normalized spacial score (nSPS) is 12.7. The number of aliphatic hydroxyl groups is 1. The summed E-state index contributed by atoms with van der Waals surface area (Å²) in [4.78, 5) is 0. The quantitative estimate of drug-likeness (QED) is 0.674. The van der Waals surface area contributed by atoms with Crippen molar-refractivity contribution in [1.29, 1.82) is 0 Å². The SMILES string of the molecule is CCCCCC[C@H](CO)c1ccccc1. The second-order valence-corrected chi connectivity index (χ2v) is 4.14. The van der Waals surface area contributed by atoms with E-state index in [1.807, 2.05) is 18.2 Å². The van der Waals surface area contributed by atoms with Gasteiger partial charge in [-0.3, -0.25) is 0 Å². The lowest BCUT2D eigenvalue weighted by Crippen LogP contribution is -2.03. The summed E-state index contributed by atoms with van der Waals surface area (Å²) in [6.45, 7) is 2.50. The minimum Gasteiger partial charge on any atom is -0.396 e. The van der Waals surface area contributed by atoms with E-state index in [1.54, 1.807) is 0 Å². The Balaban J connectivity index is 2.36. The van der Waals surface area contributed by atoms with E-state index >= 15 is 0 Å². The fraction of sp³-hybridized carbons (Fsp3) is 0.571. The molecule has 1 aromatic rings. The summed E-state index contributed by atoms with van der Waals surface area (Å²) >= 11 is 0. The van der Waals surface area contributed by atoms with E-state index in [9.17, 15) is 5.11 Å². The second-order valence-electron chi connectivity index (χ2n) is 4.14. The first-order valence-electron chi connectivity index (χ1n) is 6.04. The molecule has 0 spiro atoms. The highest BCUT2D eigenvalue weighted by atomic mass is 16.3. The van der Waals surface area contributed by atoms with Gasteiger partial charge in [-0.05, 0) is 12.0 Å². The van der Waals surface area contributed by atoms with Gasteiger partial charge < -0.3 is 5.11 Å². The summed E-state index contributed by atoms with van der Waals surface area (Å²) in [6, 6.07) is 10.3. The van der Waals surface area contributed by atoms with E-state index in [-0.39, 0.29) is 6.61 Å². The molecule has 1 aromatic carbocycles. The molecule has 1 atom stereocenters. The van der Waals surface area contributed by atoms with Crippen LogP contribution in [0.5, 0.6) is 0 Å². The highest BCUT2D eigenvalue weighted by molar-refractivity contribution is 5.19. The zero-order valence-corrected chi connectivity index (χ0v) is 9.65. The van der Waals surface area contributed by atoms with Crippen LogP contribution in [0.2, 0.25) is 0 Å². The summed E-state index contributed by atoms with van der Waals surface area (Å²) in [5, 5.41) is 9.34. The van der Waals surface area contributed by atoms with Crippen molar-refractivity contribution in [2.45, 2.75) is 44.9 Å². The number of aliphatic hydroxyl groups excluding tert-OH is 1. The van der Waals surface area contributed by atoms with Crippen LogP contribution in [-0.2, 0) is 0 Å². The van der Waals surface area contributed by atoms with Gasteiger partial charge >= 0.3 is 0 Å². The number of benzene rings is 1. The number of hydrogen-bond acceptors (Lipinski definition) is 1. The maximum Gasteiger partial charge on any atom is 0.0499 e. The predicted octanol–water partition coefficient (Wildman–Crippen LogP) is 3.73. The first kappa shape index (κ1) is 12.3. The van der Waals surface area contributed by atoms with Crippen LogP contribution in [0, 0.1) is 0 Å². The maximum atomic E-state index is 9.34. The Morgan fingerprint density at radius 3 is 2.40 bits per heavy atom. The van der Waals surface area contributed by atoms with Gasteiger partial charge in [-0.2, -0.15) is 0 Å². The van der Waals surface area contributed by atoms with Crippen LogP contribution in [0.4, 0.5) is 0 Å². The van der Waals surface area contributed by atoms with E-state index < -0.39 is 0 Å². The Morgan fingerprint density at radius 1 is 1.07 bits per heavy atom. The zero-order valence-electron chi connectivity index (χ0n) is 9.65. The van der Waals surface area contributed by atoms with Crippen molar-refractivity contribution in [3.63, 3.8) is 0 Å². The average Bonchev–Trinajstić information content (AvgIpc) is 2.30. The summed E-state index contributed by atoms with van der Waals surface area (Å²) < 4.78 is 0. The molecule has 0 aliphatic carbocycles. The molecular weight excluding hydrogens is 184 g/mol. The average molecular weight is 206 g/mol. The fourth-order valence-corrected chi connectivity index (χ4v) is 1.91. The zero-order chi connectivity index (χ0) is 10.9. The molecule has 0 heterocycles. The molecule has 0 saturated heterocycles. The van der Waals surface area contributed by atoms with Gasteiger partial charge in [0.1, 0.15) is 0 Å². The molecule has 0 amide bonds. The first-order chi connectivity index (χ1) is 7.38. The van der Waals surface area contributed by atoms with Crippen LogP contribution in [0.25, 0.3) is 0 Å². The Morgan fingerprint density at radius 2 is 1.80 bits per heavy atom. The van der Waals surface area contributed by atoms with E-state index in [0.29, 0.717) is 5.92 Å². The van der Waals surface area contributed by atoms with Crippen molar-refractivity contribution in [2.24, 2.45) is 0 Å². The van der Waals surface area contributed by atoms with Crippen LogP contribution in [-0.4, -0.2) is 11.7 Å². The molecule has 15 heavy (non-hydrogen) atoms. The molecule has 1 N–H and O–H groups in total. The van der Waals surface area contributed by atoms with Crippen molar-refractivity contribution in [3.8, 4) is 0 Å². The van der Waals surface area contributed by atoms with Crippen molar-refractivity contribution in [3.05, 3.63) is 35.9 Å². The van der Waals surface area contributed by atoms with E-state index in [2.05, 4.69) is 19.1 Å². The Labute approximate surface area is 93.1 Å². The molecule has 84 valence electrons. The summed E-state index contributed by atoms with van der Waals surface area (Å²) in [6.07, 6.45) is 6.22. The molecule has 1 rings (SSSR count). The van der Waals surface area contributed by atoms with Crippen molar-refractivity contribution >= 4 is 0 Å². The van der Waals surface area contributed by atoms with Gasteiger partial charge in [0.05, 0.1) is 0 Å². The molecule has 0 saturated carbocycles. The third kappa shape index (κ3) is 4.48. The number of hydrogen-bond donors (Lipinski definition) is 1. The molecular formula is C14H22O. The Hall–Kier alpha value is -0.820. The highest BCUT2D eigenvalue weighted by Gasteiger charge is 2.08. The monoisotopic (exact) mass is 206 g/mol. The Kier molecular flexibility index (Phi) is 6.10. The first-order valence-corrected chi connectivity index (χ1v) is 6.04.